The molecule has 0 saturated heterocycles. The highest BCUT2D eigenvalue weighted by atomic mass is 32.2. The van der Waals surface area contributed by atoms with Crippen LogP contribution in [0.2, 0.25) is 0 Å². The number of carbonyl (C=O) groups is 1. The van der Waals surface area contributed by atoms with Crippen molar-refractivity contribution in [3.05, 3.63) is 30.1 Å². The van der Waals surface area contributed by atoms with Crippen LogP contribution < -0.4 is 15.6 Å². The lowest BCUT2D eigenvalue weighted by atomic mass is 10.1. The lowest BCUT2D eigenvalue weighted by Gasteiger charge is -2.21. The van der Waals surface area contributed by atoms with Crippen molar-refractivity contribution in [3.8, 4) is 0 Å². The Morgan fingerprint density at radius 2 is 1.81 bits per heavy atom. The van der Waals surface area contributed by atoms with E-state index in [1.54, 1.807) is 45.3 Å². The van der Waals surface area contributed by atoms with Crippen molar-refractivity contribution in [1.82, 2.24) is 10.3 Å². The number of carboxylic acid groups (broad SMARTS) is 1. The summed E-state index contributed by atoms with van der Waals surface area (Å²) in [7, 11) is -3.47. The number of pyridine rings is 1. The highest BCUT2D eigenvalue weighted by Crippen LogP contribution is 2.51. The Labute approximate surface area is 124 Å². The number of hydrogen-bond donors (Lipinski definition) is 2. The van der Waals surface area contributed by atoms with E-state index in [0.717, 1.165) is 5.56 Å². The highest BCUT2D eigenvalue weighted by molar-refractivity contribution is 7.90. The van der Waals surface area contributed by atoms with Gasteiger partial charge in [-0.1, -0.05) is 0 Å². The third-order valence-electron chi connectivity index (χ3n) is 2.93. The fourth-order valence-corrected chi connectivity index (χ4v) is 2.95. The Balaban J connectivity index is 0.000000240. The summed E-state index contributed by atoms with van der Waals surface area (Å²) < 4.78 is 21.7. The maximum atomic E-state index is 11.3. The zero-order chi connectivity index (χ0) is 16.3. The van der Waals surface area contributed by atoms with Gasteiger partial charge < -0.3 is 15.2 Å². The van der Waals surface area contributed by atoms with Gasteiger partial charge in [0.15, 0.2) is 0 Å². The molecular formula is C13H20N3O4S-. The molecule has 1 amide bonds. The summed E-state index contributed by atoms with van der Waals surface area (Å²) in [5.74, 6) is 0. The Hall–Kier alpha value is -1.67. The van der Waals surface area contributed by atoms with E-state index in [0.29, 0.717) is 12.8 Å². The second-order valence-electron chi connectivity index (χ2n) is 5.94. The summed E-state index contributed by atoms with van der Waals surface area (Å²) in [6, 6.07) is 3.41. The van der Waals surface area contributed by atoms with Crippen molar-refractivity contribution >= 4 is 16.1 Å². The van der Waals surface area contributed by atoms with Crippen LogP contribution in [-0.4, -0.2) is 25.0 Å². The van der Waals surface area contributed by atoms with E-state index in [4.69, 9.17) is 5.14 Å². The zero-order valence-electron chi connectivity index (χ0n) is 12.3. The first-order valence-corrected chi connectivity index (χ1v) is 7.95. The van der Waals surface area contributed by atoms with E-state index < -0.39 is 26.4 Å². The van der Waals surface area contributed by atoms with Gasteiger partial charge in [0.25, 0.3) is 0 Å². The van der Waals surface area contributed by atoms with Gasteiger partial charge in [0, 0.05) is 17.9 Å². The smallest absolute Gasteiger partial charge is 0.219 e. The molecule has 0 spiro atoms. The van der Waals surface area contributed by atoms with Gasteiger partial charge in [-0.2, -0.15) is 0 Å². The molecule has 1 aromatic heterocycles. The Kier molecular flexibility index (Phi) is 4.95. The summed E-state index contributed by atoms with van der Waals surface area (Å²) in [6.45, 7) is 5.26. The van der Waals surface area contributed by atoms with Gasteiger partial charge in [-0.3, -0.25) is 4.98 Å². The molecular weight excluding hydrogens is 294 g/mol. The number of amides is 1. The normalized spacial score (nSPS) is 16.4. The van der Waals surface area contributed by atoms with Crippen molar-refractivity contribution in [1.29, 1.82) is 0 Å². The Bertz CT molecular complexity index is 590. The maximum absolute atomic E-state index is 11.3. The second-order valence-corrected chi connectivity index (χ2v) is 7.81. The van der Waals surface area contributed by atoms with Crippen molar-refractivity contribution in [2.75, 3.05) is 0 Å². The molecule has 7 nitrogen and oxygen atoms in total. The third kappa shape index (κ3) is 4.98. The lowest BCUT2D eigenvalue weighted by Crippen LogP contribution is -2.47. The van der Waals surface area contributed by atoms with Crippen LogP contribution in [0.1, 0.15) is 39.2 Å². The number of sulfonamides is 1. The Morgan fingerprint density at radius 3 is 2.05 bits per heavy atom. The SMILES string of the molecule is CC(C)(C)NC(=O)[O-].NS(=O)(=O)C1(c2ccncc2)CC1. The molecule has 3 N–H and O–H groups in total. The van der Waals surface area contributed by atoms with Crippen molar-refractivity contribution in [2.24, 2.45) is 5.14 Å². The standard InChI is InChI=1S/C8H10N2O2S.C5H11NO2/c9-13(11,12)8(3-4-8)7-1-5-10-6-2-7;1-5(2,3)6-4(7)8/h1-2,5-6H,3-4H2,(H2,9,11,12);6H,1-3H3,(H,7,8)/p-1. The maximum Gasteiger partial charge on any atom is 0.219 e. The average Bonchev–Trinajstić information content (AvgIpc) is 3.07. The molecule has 118 valence electrons. The second kappa shape index (κ2) is 5.98. The van der Waals surface area contributed by atoms with Crippen LogP contribution in [0.15, 0.2) is 24.5 Å². The molecule has 1 fully saturated rings. The predicted molar refractivity (Wildman–Crippen MR) is 76.5 cm³/mol. The first-order valence-electron chi connectivity index (χ1n) is 6.40. The van der Waals surface area contributed by atoms with Gasteiger partial charge in [0.1, 0.15) is 10.8 Å². The zero-order valence-corrected chi connectivity index (χ0v) is 13.1. The minimum atomic E-state index is -3.47. The fourth-order valence-electron chi connectivity index (χ4n) is 1.81. The molecule has 0 unspecified atom stereocenters. The van der Waals surface area contributed by atoms with Gasteiger partial charge >= 0.3 is 0 Å². The van der Waals surface area contributed by atoms with Gasteiger partial charge in [0.2, 0.25) is 10.0 Å². The fraction of sp³-hybridized carbons (Fsp3) is 0.538. The topological polar surface area (TPSA) is 125 Å². The first kappa shape index (κ1) is 17.4. The number of carbonyl (C=O) groups excluding carboxylic acids is 1. The minimum Gasteiger partial charge on any atom is -0.530 e. The van der Waals surface area contributed by atoms with Crippen molar-refractivity contribution < 1.29 is 18.3 Å². The predicted octanol–water partition coefficient (Wildman–Crippen LogP) is 0.0770. The van der Waals surface area contributed by atoms with E-state index in [2.05, 4.69) is 10.3 Å². The molecule has 1 heterocycles. The summed E-state index contributed by atoms with van der Waals surface area (Å²) >= 11 is 0. The minimum absolute atomic E-state index is 0.390. The van der Waals surface area contributed by atoms with Crippen LogP contribution in [-0.2, 0) is 14.8 Å². The third-order valence-corrected chi connectivity index (χ3v) is 4.67. The lowest BCUT2D eigenvalue weighted by molar-refractivity contribution is -0.252. The molecule has 8 heteroatoms. The van der Waals surface area contributed by atoms with Crippen LogP contribution in [0.5, 0.6) is 0 Å². The number of nitrogens with one attached hydrogen (secondary N) is 1. The number of nitrogens with zero attached hydrogens (tertiary/aromatic N) is 1. The highest BCUT2D eigenvalue weighted by Gasteiger charge is 2.54. The summed E-state index contributed by atoms with van der Waals surface area (Å²) in [5.41, 5.74) is 0.365. The number of hydrogen-bond acceptors (Lipinski definition) is 5. The van der Waals surface area contributed by atoms with E-state index >= 15 is 0 Å². The summed E-state index contributed by atoms with van der Waals surface area (Å²) in [6.07, 6.45) is 3.19. The molecule has 1 saturated carbocycles. The summed E-state index contributed by atoms with van der Waals surface area (Å²) in [4.78, 5) is 13.6. The van der Waals surface area contributed by atoms with Gasteiger partial charge in [-0.15, -0.1) is 0 Å². The molecule has 0 radical (unpaired) electrons. The molecule has 0 bridgehead atoms. The molecule has 0 aromatic carbocycles. The quantitative estimate of drug-likeness (QED) is 0.799. The van der Waals surface area contributed by atoms with E-state index in [1.165, 1.54) is 0 Å². The van der Waals surface area contributed by atoms with Gasteiger partial charge in [-0.05, 0) is 51.3 Å². The van der Waals surface area contributed by atoms with Crippen LogP contribution >= 0.6 is 0 Å². The molecule has 21 heavy (non-hydrogen) atoms. The molecule has 1 aromatic rings. The largest absolute Gasteiger partial charge is 0.530 e. The molecule has 0 aliphatic heterocycles. The molecule has 1 aliphatic carbocycles. The number of nitrogens with two attached hydrogens (primary N) is 1. The van der Waals surface area contributed by atoms with Crippen LogP contribution in [0.3, 0.4) is 0 Å². The van der Waals surface area contributed by atoms with Crippen LogP contribution in [0.25, 0.3) is 0 Å². The first-order chi connectivity index (χ1) is 9.48. The number of rotatable bonds is 2. The van der Waals surface area contributed by atoms with Crippen LogP contribution in [0, 0.1) is 0 Å². The number of aromatic nitrogens is 1. The van der Waals surface area contributed by atoms with Crippen molar-refractivity contribution in [3.63, 3.8) is 0 Å². The molecule has 2 rings (SSSR count). The molecule has 1 aliphatic rings. The monoisotopic (exact) mass is 314 g/mol. The summed E-state index contributed by atoms with van der Waals surface area (Å²) in [5, 5.41) is 17.1. The van der Waals surface area contributed by atoms with E-state index in [9.17, 15) is 18.3 Å². The van der Waals surface area contributed by atoms with E-state index in [-0.39, 0.29) is 0 Å². The number of primary sulfonamides is 1. The van der Waals surface area contributed by atoms with Crippen molar-refractivity contribution in [2.45, 2.75) is 43.9 Å². The van der Waals surface area contributed by atoms with Gasteiger partial charge in [-0.25, -0.2) is 13.6 Å². The van der Waals surface area contributed by atoms with E-state index in [1.807, 2.05) is 0 Å². The molecule has 0 atom stereocenters. The van der Waals surface area contributed by atoms with Crippen LogP contribution in [0.4, 0.5) is 4.79 Å². The Morgan fingerprint density at radius 1 is 1.33 bits per heavy atom. The van der Waals surface area contributed by atoms with Gasteiger partial charge in [0.05, 0.1) is 0 Å². The average molecular weight is 314 g/mol.